The molecule has 6 nitrogen and oxygen atoms in total. The highest BCUT2D eigenvalue weighted by molar-refractivity contribution is 7.10. The number of benzene rings is 1. The Bertz CT molecular complexity index is 785. The van der Waals surface area contributed by atoms with Crippen molar-refractivity contribution in [1.29, 1.82) is 0 Å². The molecule has 0 aliphatic carbocycles. The predicted octanol–water partition coefficient (Wildman–Crippen LogP) is 2.38. The topological polar surface area (TPSA) is 64.7 Å². The Hall–Kier alpha value is -2.38. The molecule has 1 saturated heterocycles. The third-order valence-corrected chi connectivity index (χ3v) is 5.95. The van der Waals surface area contributed by atoms with Gasteiger partial charge in [0.1, 0.15) is 0 Å². The van der Waals surface area contributed by atoms with Gasteiger partial charge in [-0.25, -0.2) is 0 Å². The molecule has 150 valence electrons. The molecular weight excluding hydrogens is 372 g/mol. The van der Waals surface area contributed by atoms with Gasteiger partial charge in [0, 0.05) is 50.2 Å². The number of para-hydroxylation sites is 1. The van der Waals surface area contributed by atoms with Crippen molar-refractivity contribution < 1.29 is 9.59 Å². The van der Waals surface area contributed by atoms with E-state index in [1.54, 1.807) is 11.3 Å². The van der Waals surface area contributed by atoms with Crippen LogP contribution in [0.15, 0.2) is 41.8 Å². The van der Waals surface area contributed by atoms with Gasteiger partial charge in [-0.1, -0.05) is 24.3 Å². The molecule has 2 heterocycles. The third-order valence-electron chi connectivity index (χ3n) is 4.97. The van der Waals surface area contributed by atoms with Crippen LogP contribution >= 0.6 is 11.3 Å². The van der Waals surface area contributed by atoms with Crippen molar-refractivity contribution >= 4 is 28.8 Å². The number of thiophene rings is 1. The van der Waals surface area contributed by atoms with Crippen LogP contribution in [0.2, 0.25) is 0 Å². The minimum absolute atomic E-state index is 0.0691. The smallest absolute Gasteiger partial charge is 0.222 e. The minimum atomic E-state index is -0.287. The summed E-state index contributed by atoms with van der Waals surface area (Å²) in [6, 6.07) is 11.8. The lowest BCUT2D eigenvalue weighted by Crippen LogP contribution is -2.45. The van der Waals surface area contributed by atoms with Gasteiger partial charge in [0.15, 0.2) is 0 Å². The lowest BCUT2D eigenvalue weighted by atomic mass is 10.1. The molecule has 0 bridgehead atoms. The second kappa shape index (κ2) is 9.71. The number of carbonyl (C=O) groups is 2. The van der Waals surface area contributed by atoms with Gasteiger partial charge in [-0.15, -0.1) is 11.3 Å². The number of amides is 2. The van der Waals surface area contributed by atoms with Crippen molar-refractivity contribution in [2.75, 3.05) is 38.1 Å². The maximum absolute atomic E-state index is 12.6. The molecule has 28 heavy (non-hydrogen) atoms. The standard InChI is InChI=1S/C21H28N4O2S/c1-16(26)23-18(20-8-5-13-28-20)14-21(27)22-15-17-6-3-4-7-19(17)25-11-9-24(2)10-12-25/h3-8,13,18H,9-12,14-15H2,1-2H3,(H,22,27)(H,23,26). The molecule has 2 aromatic rings. The molecule has 3 rings (SSSR count). The van der Waals surface area contributed by atoms with E-state index in [0.717, 1.165) is 36.6 Å². The molecule has 0 radical (unpaired) electrons. The zero-order valence-electron chi connectivity index (χ0n) is 16.5. The SMILES string of the molecule is CC(=O)NC(CC(=O)NCc1ccccc1N1CCN(C)CC1)c1cccs1. The summed E-state index contributed by atoms with van der Waals surface area (Å²) in [7, 11) is 2.14. The molecule has 0 spiro atoms. The molecule has 0 saturated carbocycles. The molecular formula is C21H28N4O2S. The van der Waals surface area contributed by atoms with E-state index in [2.05, 4.69) is 39.6 Å². The van der Waals surface area contributed by atoms with Crippen LogP contribution in [0, 0.1) is 0 Å². The highest BCUT2D eigenvalue weighted by atomic mass is 32.1. The number of hydrogen-bond donors (Lipinski definition) is 2. The van der Waals surface area contributed by atoms with Crippen LogP contribution in [-0.2, 0) is 16.1 Å². The first-order valence-corrected chi connectivity index (χ1v) is 10.5. The summed E-state index contributed by atoms with van der Waals surface area (Å²) < 4.78 is 0. The molecule has 1 unspecified atom stereocenters. The Labute approximate surface area is 170 Å². The van der Waals surface area contributed by atoms with E-state index in [1.807, 2.05) is 29.6 Å². The van der Waals surface area contributed by atoms with Crippen molar-refractivity contribution in [2.45, 2.75) is 25.9 Å². The summed E-state index contributed by atoms with van der Waals surface area (Å²) in [6.45, 7) is 6.03. The van der Waals surface area contributed by atoms with Crippen LogP contribution in [0.3, 0.4) is 0 Å². The molecule has 1 aromatic heterocycles. The van der Waals surface area contributed by atoms with E-state index >= 15 is 0 Å². The van der Waals surface area contributed by atoms with E-state index in [1.165, 1.54) is 12.6 Å². The van der Waals surface area contributed by atoms with Crippen LogP contribution in [0.25, 0.3) is 0 Å². The van der Waals surface area contributed by atoms with Gasteiger partial charge in [0.05, 0.1) is 12.5 Å². The molecule has 7 heteroatoms. The summed E-state index contributed by atoms with van der Waals surface area (Å²) in [5, 5.41) is 7.86. The normalized spacial score (nSPS) is 15.9. The van der Waals surface area contributed by atoms with Crippen LogP contribution in [0.1, 0.15) is 29.8 Å². The zero-order chi connectivity index (χ0) is 19.9. The summed E-state index contributed by atoms with van der Waals surface area (Å²) >= 11 is 1.55. The van der Waals surface area contributed by atoms with Crippen molar-refractivity contribution in [3.63, 3.8) is 0 Å². The Morgan fingerprint density at radius 2 is 1.86 bits per heavy atom. The molecule has 2 amide bonds. The maximum Gasteiger partial charge on any atom is 0.222 e. The number of hydrogen-bond acceptors (Lipinski definition) is 5. The van der Waals surface area contributed by atoms with Gasteiger partial charge in [0.25, 0.3) is 0 Å². The highest BCUT2D eigenvalue weighted by Gasteiger charge is 2.19. The molecule has 1 aliphatic heterocycles. The van der Waals surface area contributed by atoms with E-state index in [0.29, 0.717) is 6.54 Å². The number of anilines is 1. The van der Waals surface area contributed by atoms with Gasteiger partial charge in [-0.05, 0) is 30.1 Å². The quantitative estimate of drug-likeness (QED) is 0.749. The van der Waals surface area contributed by atoms with Crippen molar-refractivity contribution in [3.05, 3.63) is 52.2 Å². The second-order valence-electron chi connectivity index (χ2n) is 7.17. The minimum Gasteiger partial charge on any atom is -0.369 e. The lowest BCUT2D eigenvalue weighted by molar-refractivity contribution is -0.122. The highest BCUT2D eigenvalue weighted by Crippen LogP contribution is 2.23. The average Bonchev–Trinajstić information content (AvgIpc) is 3.21. The number of likely N-dealkylation sites (N-methyl/N-ethyl adjacent to an activating group) is 1. The van der Waals surface area contributed by atoms with Gasteiger partial charge in [0.2, 0.25) is 11.8 Å². The van der Waals surface area contributed by atoms with E-state index in [9.17, 15) is 9.59 Å². The van der Waals surface area contributed by atoms with Crippen LogP contribution in [0.4, 0.5) is 5.69 Å². The Morgan fingerprint density at radius 3 is 2.54 bits per heavy atom. The number of carbonyl (C=O) groups excluding carboxylic acids is 2. The van der Waals surface area contributed by atoms with Crippen molar-refractivity contribution in [2.24, 2.45) is 0 Å². The van der Waals surface area contributed by atoms with E-state index in [4.69, 9.17) is 0 Å². The molecule has 1 aliphatic rings. The van der Waals surface area contributed by atoms with Crippen LogP contribution < -0.4 is 15.5 Å². The molecule has 1 aromatic carbocycles. The summed E-state index contributed by atoms with van der Waals surface area (Å²) in [4.78, 5) is 29.8. The molecule has 1 fully saturated rings. The first-order valence-electron chi connectivity index (χ1n) is 9.61. The largest absolute Gasteiger partial charge is 0.369 e. The summed E-state index contributed by atoms with van der Waals surface area (Å²) in [5.74, 6) is -0.202. The number of piperazine rings is 1. The van der Waals surface area contributed by atoms with Crippen LogP contribution in [-0.4, -0.2) is 49.9 Å². The lowest BCUT2D eigenvalue weighted by Gasteiger charge is -2.35. The Kier molecular flexibility index (Phi) is 7.06. The number of nitrogens with one attached hydrogen (secondary N) is 2. The molecule has 2 N–H and O–H groups in total. The fraction of sp³-hybridized carbons (Fsp3) is 0.429. The van der Waals surface area contributed by atoms with Gasteiger partial charge in [-0.3, -0.25) is 9.59 Å². The number of rotatable bonds is 7. The Balaban J connectivity index is 1.60. The number of nitrogens with zero attached hydrogens (tertiary/aromatic N) is 2. The second-order valence-corrected chi connectivity index (χ2v) is 8.15. The monoisotopic (exact) mass is 400 g/mol. The predicted molar refractivity (Wildman–Crippen MR) is 113 cm³/mol. The maximum atomic E-state index is 12.6. The first-order chi connectivity index (χ1) is 13.5. The molecule has 1 atom stereocenters. The zero-order valence-corrected chi connectivity index (χ0v) is 17.3. The third kappa shape index (κ3) is 5.56. The van der Waals surface area contributed by atoms with E-state index < -0.39 is 0 Å². The Morgan fingerprint density at radius 1 is 1.11 bits per heavy atom. The van der Waals surface area contributed by atoms with Crippen molar-refractivity contribution in [1.82, 2.24) is 15.5 Å². The van der Waals surface area contributed by atoms with Crippen molar-refractivity contribution in [3.8, 4) is 0 Å². The average molecular weight is 401 g/mol. The summed E-state index contributed by atoms with van der Waals surface area (Å²) in [6.07, 6.45) is 0.233. The van der Waals surface area contributed by atoms with Gasteiger partial charge in [-0.2, -0.15) is 0 Å². The van der Waals surface area contributed by atoms with Gasteiger partial charge < -0.3 is 20.4 Å². The summed E-state index contributed by atoms with van der Waals surface area (Å²) in [5.41, 5.74) is 2.31. The fourth-order valence-electron chi connectivity index (χ4n) is 3.43. The van der Waals surface area contributed by atoms with Gasteiger partial charge >= 0.3 is 0 Å². The first kappa shape index (κ1) is 20.4. The van der Waals surface area contributed by atoms with Crippen LogP contribution in [0.5, 0.6) is 0 Å². The van der Waals surface area contributed by atoms with E-state index in [-0.39, 0.29) is 24.3 Å². The fourth-order valence-corrected chi connectivity index (χ4v) is 4.20.